The standard InChI is InChI=1S/C31H38N2O4/c1-20-25(15-21-16-27(22-7-6-8-22)31(37-5)29(17-21)36-4)24-10-9-23(35-3)18-28(24)26(20)19-30(34)33-13-11-32(2)12-14-33/h9-10,15-18,22H,6-8,11-14,19H2,1-5H3/b25-15-. The first kappa shape index (κ1) is 25.4. The molecule has 2 aromatic rings. The number of hydrogen-bond acceptors (Lipinski definition) is 5. The third-order valence-electron chi connectivity index (χ3n) is 8.27. The number of piperazine rings is 1. The highest BCUT2D eigenvalue weighted by Gasteiger charge is 2.29. The van der Waals surface area contributed by atoms with Crippen LogP contribution in [-0.2, 0) is 4.79 Å². The van der Waals surface area contributed by atoms with Gasteiger partial charge in [-0.15, -0.1) is 0 Å². The van der Waals surface area contributed by atoms with E-state index in [4.69, 9.17) is 14.2 Å². The number of methoxy groups -OCH3 is 3. The van der Waals surface area contributed by atoms with Gasteiger partial charge in [-0.2, -0.15) is 0 Å². The minimum Gasteiger partial charge on any atom is -0.497 e. The topological polar surface area (TPSA) is 51.2 Å². The van der Waals surface area contributed by atoms with E-state index in [2.05, 4.69) is 49.2 Å². The lowest BCUT2D eigenvalue weighted by Crippen LogP contribution is -2.47. The summed E-state index contributed by atoms with van der Waals surface area (Å²) in [4.78, 5) is 17.6. The molecule has 6 heteroatoms. The second-order valence-electron chi connectivity index (χ2n) is 10.4. The Bertz CT molecular complexity index is 1250. The van der Waals surface area contributed by atoms with E-state index in [9.17, 15) is 4.79 Å². The Labute approximate surface area is 220 Å². The van der Waals surface area contributed by atoms with Gasteiger partial charge in [-0.25, -0.2) is 0 Å². The fourth-order valence-corrected chi connectivity index (χ4v) is 5.72. The largest absolute Gasteiger partial charge is 0.497 e. The molecule has 1 amide bonds. The molecule has 0 radical (unpaired) electrons. The van der Waals surface area contributed by atoms with Crippen molar-refractivity contribution in [1.82, 2.24) is 9.80 Å². The molecule has 0 unspecified atom stereocenters. The Morgan fingerprint density at radius 1 is 0.973 bits per heavy atom. The van der Waals surface area contributed by atoms with E-state index >= 15 is 0 Å². The molecule has 0 spiro atoms. The van der Waals surface area contributed by atoms with Crippen molar-refractivity contribution >= 4 is 23.1 Å². The fourth-order valence-electron chi connectivity index (χ4n) is 5.72. The zero-order chi connectivity index (χ0) is 26.1. The van der Waals surface area contributed by atoms with Gasteiger partial charge in [-0.05, 0) is 96.5 Å². The second kappa shape index (κ2) is 10.6. The first-order valence-electron chi connectivity index (χ1n) is 13.3. The number of fused-ring (bicyclic) bond motifs is 1. The predicted octanol–water partition coefficient (Wildman–Crippen LogP) is 5.47. The number of allylic oxidation sites excluding steroid dienone is 2. The zero-order valence-corrected chi connectivity index (χ0v) is 22.7. The third-order valence-corrected chi connectivity index (χ3v) is 8.27. The van der Waals surface area contributed by atoms with Crippen LogP contribution in [0.1, 0.15) is 60.8 Å². The summed E-state index contributed by atoms with van der Waals surface area (Å²) in [6, 6.07) is 10.5. The molecule has 196 valence electrons. The first-order valence-corrected chi connectivity index (χ1v) is 13.3. The Morgan fingerprint density at radius 2 is 1.73 bits per heavy atom. The molecule has 6 nitrogen and oxygen atoms in total. The average molecular weight is 503 g/mol. The van der Waals surface area contributed by atoms with Crippen molar-refractivity contribution in [2.45, 2.75) is 38.5 Å². The highest BCUT2D eigenvalue weighted by molar-refractivity contribution is 6.08. The molecule has 0 N–H and O–H groups in total. The Kier molecular flexibility index (Phi) is 7.29. The summed E-state index contributed by atoms with van der Waals surface area (Å²) in [6.07, 6.45) is 6.24. The van der Waals surface area contributed by atoms with Gasteiger partial charge in [0.2, 0.25) is 5.91 Å². The molecule has 0 atom stereocenters. The summed E-state index contributed by atoms with van der Waals surface area (Å²) in [5.41, 5.74) is 7.91. The van der Waals surface area contributed by atoms with Crippen molar-refractivity contribution in [3.63, 3.8) is 0 Å². The molecule has 0 bridgehead atoms. The van der Waals surface area contributed by atoms with Crippen LogP contribution in [-0.4, -0.2) is 70.3 Å². The number of likely N-dealkylation sites (N-methyl/N-ethyl adjacent to an activating group) is 1. The maximum Gasteiger partial charge on any atom is 0.227 e. The molecule has 1 aliphatic heterocycles. The highest BCUT2D eigenvalue weighted by atomic mass is 16.5. The van der Waals surface area contributed by atoms with Crippen molar-refractivity contribution < 1.29 is 19.0 Å². The van der Waals surface area contributed by atoms with E-state index in [-0.39, 0.29) is 5.91 Å². The molecule has 37 heavy (non-hydrogen) atoms. The Balaban J connectivity index is 1.55. The van der Waals surface area contributed by atoms with Crippen LogP contribution in [0.25, 0.3) is 17.2 Å². The summed E-state index contributed by atoms with van der Waals surface area (Å²) >= 11 is 0. The van der Waals surface area contributed by atoms with Gasteiger partial charge in [0.05, 0.1) is 27.8 Å². The molecule has 3 aliphatic rings. The Morgan fingerprint density at radius 3 is 2.35 bits per heavy atom. The molecule has 2 aliphatic carbocycles. The number of ether oxygens (including phenoxy) is 3. The quantitative estimate of drug-likeness (QED) is 0.502. The average Bonchev–Trinajstić information content (AvgIpc) is 3.12. The van der Waals surface area contributed by atoms with Crippen LogP contribution in [0.4, 0.5) is 0 Å². The van der Waals surface area contributed by atoms with Crippen LogP contribution in [0.5, 0.6) is 17.2 Å². The van der Waals surface area contributed by atoms with Gasteiger partial charge in [0.15, 0.2) is 11.5 Å². The van der Waals surface area contributed by atoms with E-state index < -0.39 is 0 Å². The number of carbonyl (C=O) groups is 1. The van der Waals surface area contributed by atoms with E-state index in [0.717, 1.165) is 76.8 Å². The summed E-state index contributed by atoms with van der Waals surface area (Å²) in [6.45, 7) is 5.54. The molecule has 1 saturated carbocycles. The lowest BCUT2D eigenvalue weighted by atomic mass is 9.79. The van der Waals surface area contributed by atoms with Gasteiger partial charge in [-0.3, -0.25) is 4.79 Å². The van der Waals surface area contributed by atoms with Crippen LogP contribution in [0.3, 0.4) is 0 Å². The van der Waals surface area contributed by atoms with Crippen molar-refractivity contribution in [3.05, 3.63) is 58.2 Å². The van der Waals surface area contributed by atoms with Crippen molar-refractivity contribution in [3.8, 4) is 17.2 Å². The normalized spacial score (nSPS) is 19.2. The molecule has 0 aromatic heterocycles. The predicted molar refractivity (Wildman–Crippen MR) is 148 cm³/mol. The highest BCUT2D eigenvalue weighted by Crippen LogP contribution is 2.48. The van der Waals surface area contributed by atoms with Gasteiger partial charge in [-0.1, -0.05) is 12.5 Å². The molecule has 1 saturated heterocycles. The van der Waals surface area contributed by atoms with Gasteiger partial charge in [0, 0.05) is 31.7 Å². The fraction of sp³-hybridized carbons (Fsp3) is 0.452. The molecule has 5 rings (SSSR count). The van der Waals surface area contributed by atoms with Crippen LogP contribution >= 0.6 is 0 Å². The maximum absolute atomic E-state index is 13.3. The van der Waals surface area contributed by atoms with Gasteiger partial charge < -0.3 is 24.0 Å². The molecule has 2 fully saturated rings. The molecular weight excluding hydrogens is 464 g/mol. The van der Waals surface area contributed by atoms with E-state index in [0.29, 0.717) is 12.3 Å². The van der Waals surface area contributed by atoms with Crippen LogP contribution in [0.15, 0.2) is 35.9 Å². The number of carbonyl (C=O) groups excluding carboxylic acids is 1. The minimum atomic E-state index is 0.191. The summed E-state index contributed by atoms with van der Waals surface area (Å²) in [5, 5.41) is 0. The number of hydrogen-bond donors (Lipinski definition) is 0. The SMILES string of the molecule is COc1ccc2c(c1)C(CC(=O)N1CCN(C)CC1)=C(C)/C2=C/c1cc(OC)c(OC)c(C2CCC2)c1. The second-order valence-corrected chi connectivity index (χ2v) is 10.4. The number of nitrogens with zero attached hydrogens (tertiary/aromatic N) is 2. The van der Waals surface area contributed by atoms with Gasteiger partial charge >= 0.3 is 0 Å². The third kappa shape index (κ3) is 4.87. The lowest BCUT2D eigenvalue weighted by molar-refractivity contribution is -0.131. The minimum absolute atomic E-state index is 0.191. The smallest absolute Gasteiger partial charge is 0.227 e. The maximum atomic E-state index is 13.3. The number of amides is 1. The lowest BCUT2D eigenvalue weighted by Gasteiger charge is -2.32. The van der Waals surface area contributed by atoms with E-state index in [1.165, 1.54) is 24.8 Å². The number of benzene rings is 2. The van der Waals surface area contributed by atoms with E-state index in [1.807, 2.05) is 11.0 Å². The monoisotopic (exact) mass is 502 g/mol. The van der Waals surface area contributed by atoms with Crippen LogP contribution in [0.2, 0.25) is 0 Å². The van der Waals surface area contributed by atoms with Crippen molar-refractivity contribution in [2.75, 3.05) is 54.6 Å². The van der Waals surface area contributed by atoms with E-state index in [1.54, 1.807) is 21.3 Å². The van der Waals surface area contributed by atoms with Crippen LogP contribution in [0, 0.1) is 0 Å². The van der Waals surface area contributed by atoms with Crippen LogP contribution < -0.4 is 14.2 Å². The van der Waals surface area contributed by atoms with Crippen molar-refractivity contribution in [2.24, 2.45) is 0 Å². The molecular formula is C31H38N2O4. The summed E-state index contributed by atoms with van der Waals surface area (Å²) in [5.74, 6) is 3.11. The summed E-state index contributed by atoms with van der Waals surface area (Å²) < 4.78 is 17.1. The molecule has 2 aromatic carbocycles. The first-order chi connectivity index (χ1) is 17.9. The summed E-state index contributed by atoms with van der Waals surface area (Å²) in [7, 11) is 7.21. The van der Waals surface area contributed by atoms with Gasteiger partial charge in [0.1, 0.15) is 5.75 Å². The number of rotatable bonds is 7. The Hall–Kier alpha value is -3.25. The van der Waals surface area contributed by atoms with Crippen molar-refractivity contribution in [1.29, 1.82) is 0 Å². The molecule has 1 heterocycles. The van der Waals surface area contributed by atoms with Gasteiger partial charge in [0.25, 0.3) is 0 Å². The zero-order valence-electron chi connectivity index (χ0n) is 22.7.